The summed E-state index contributed by atoms with van der Waals surface area (Å²) < 4.78 is 60.9. The van der Waals surface area contributed by atoms with Gasteiger partial charge in [0.05, 0.1) is 27.8 Å². The van der Waals surface area contributed by atoms with Crippen molar-refractivity contribution in [3.05, 3.63) is 167 Å². The maximum Gasteiger partial charge on any atom is 0.148 e. The number of imidazole rings is 1. The molecule has 0 radical (unpaired) electrons. The molecule has 0 unspecified atom stereocenters. The van der Waals surface area contributed by atoms with E-state index in [1.807, 2.05) is 24.3 Å². The Morgan fingerprint density at radius 2 is 1.29 bits per heavy atom. The fourth-order valence-corrected chi connectivity index (χ4v) is 8.23. The van der Waals surface area contributed by atoms with Gasteiger partial charge < -0.3 is 5.11 Å². The van der Waals surface area contributed by atoms with Gasteiger partial charge in [0.1, 0.15) is 11.6 Å². The second-order valence-electron chi connectivity index (χ2n) is 20.8. The number of pyridine rings is 1. The average Bonchev–Trinajstić information content (AvgIpc) is 3.69. The third-order valence-electron chi connectivity index (χ3n) is 12.7. The minimum absolute atomic E-state index is 0. The van der Waals surface area contributed by atoms with Crippen LogP contribution in [0.2, 0.25) is 0 Å². The Labute approximate surface area is 412 Å². The SMILES string of the molecule is [2H]c1c([2H])c(C([2H])([2H])[2H])c([2H])c([2H])c1-c1ccnc(-c2[c-]c(-c3cccc4c3nc(-c3cc(C(C)(C)C)cc(C(C)(C)C)c3O)n4-c3ccc(C(C)(C)CC)cc3-c3ccccc3)cc(C(C)(C)C)c2)c1.[Pt]. The van der Waals surface area contributed by atoms with Gasteiger partial charge in [-0.1, -0.05) is 185 Å². The Bertz CT molecular complexity index is 3340. The zero-order valence-electron chi connectivity index (χ0n) is 46.7. The number of rotatable bonds is 8. The first kappa shape index (κ1) is 38.7. The third-order valence-corrected chi connectivity index (χ3v) is 12.7. The molecule has 0 atom stereocenters. The summed E-state index contributed by atoms with van der Waals surface area (Å²) in [6.45, 7) is 23.3. The van der Waals surface area contributed by atoms with E-state index in [9.17, 15) is 5.11 Å². The number of para-hydroxylation sites is 1. The minimum Gasteiger partial charge on any atom is -0.507 e. The monoisotopic (exact) mass is 1040 g/mol. The van der Waals surface area contributed by atoms with E-state index in [0.29, 0.717) is 33.7 Å². The molecule has 0 saturated heterocycles. The average molecular weight is 1050 g/mol. The molecule has 8 rings (SSSR count). The predicted molar refractivity (Wildman–Crippen MR) is 271 cm³/mol. The smallest absolute Gasteiger partial charge is 0.148 e. The first-order valence-corrected chi connectivity index (χ1v) is 22.3. The van der Waals surface area contributed by atoms with Crippen molar-refractivity contribution >= 4 is 11.0 Å². The summed E-state index contributed by atoms with van der Waals surface area (Å²) in [4.78, 5) is 10.4. The van der Waals surface area contributed by atoms with Gasteiger partial charge in [-0.2, -0.15) is 0 Å². The van der Waals surface area contributed by atoms with E-state index in [0.717, 1.165) is 56.6 Å². The van der Waals surface area contributed by atoms with Gasteiger partial charge >= 0.3 is 0 Å². The van der Waals surface area contributed by atoms with Gasteiger partial charge in [0, 0.05) is 48.2 Å². The fraction of sp³-hybridized carbons (Fsp3) is 0.300. The molecule has 0 amide bonds. The van der Waals surface area contributed by atoms with E-state index in [-0.39, 0.29) is 48.6 Å². The van der Waals surface area contributed by atoms with Crippen LogP contribution in [0.4, 0.5) is 0 Å². The molecule has 2 heterocycles. The van der Waals surface area contributed by atoms with Crippen LogP contribution in [-0.2, 0) is 42.7 Å². The van der Waals surface area contributed by atoms with Crippen molar-refractivity contribution in [3.63, 3.8) is 0 Å². The topological polar surface area (TPSA) is 50.9 Å². The van der Waals surface area contributed by atoms with Gasteiger partial charge in [-0.15, -0.1) is 29.3 Å². The number of phenolic OH excluding ortho intramolecular Hbond substituents is 1. The van der Waals surface area contributed by atoms with Gasteiger partial charge in [0.2, 0.25) is 0 Å². The summed E-state index contributed by atoms with van der Waals surface area (Å²) in [5.74, 6) is 0.769. The molecule has 5 heteroatoms. The molecule has 0 aliphatic heterocycles. The van der Waals surface area contributed by atoms with Crippen molar-refractivity contribution in [2.24, 2.45) is 0 Å². The summed E-state index contributed by atoms with van der Waals surface area (Å²) in [5.41, 5.74) is 10.6. The van der Waals surface area contributed by atoms with E-state index >= 15 is 0 Å². The maximum atomic E-state index is 12.6. The molecule has 6 aromatic carbocycles. The summed E-state index contributed by atoms with van der Waals surface area (Å²) in [6, 6.07) is 36.6. The summed E-state index contributed by atoms with van der Waals surface area (Å²) in [5, 5.41) is 12.6. The molecule has 0 aliphatic rings. The number of aromatic nitrogens is 3. The van der Waals surface area contributed by atoms with Crippen LogP contribution in [-0.4, -0.2) is 19.6 Å². The van der Waals surface area contributed by atoms with Crippen LogP contribution in [0.15, 0.2) is 133 Å². The molecule has 0 aliphatic carbocycles. The Morgan fingerprint density at radius 1 is 0.631 bits per heavy atom. The first-order valence-electron chi connectivity index (χ1n) is 25.8. The number of nitrogens with zero attached hydrogens (tertiary/aromatic N) is 3. The molecule has 0 saturated carbocycles. The van der Waals surface area contributed by atoms with Gasteiger partial charge in [-0.05, 0) is 93.1 Å². The largest absolute Gasteiger partial charge is 0.507 e. The van der Waals surface area contributed by atoms with E-state index in [1.54, 1.807) is 18.3 Å². The molecule has 8 aromatic rings. The van der Waals surface area contributed by atoms with Crippen LogP contribution in [0.1, 0.15) is 127 Å². The van der Waals surface area contributed by atoms with Crippen molar-refractivity contribution in [2.75, 3.05) is 0 Å². The van der Waals surface area contributed by atoms with E-state index in [1.165, 1.54) is 5.56 Å². The molecule has 1 N–H and O–H groups in total. The van der Waals surface area contributed by atoms with Crippen LogP contribution in [0, 0.1) is 12.9 Å². The summed E-state index contributed by atoms with van der Waals surface area (Å²) in [6.07, 6.45) is 2.51. The Morgan fingerprint density at radius 3 is 1.94 bits per heavy atom. The van der Waals surface area contributed by atoms with Crippen molar-refractivity contribution < 1.29 is 35.8 Å². The number of fused-ring (bicyclic) bond motifs is 1. The van der Waals surface area contributed by atoms with Gasteiger partial charge in [-0.3, -0.25) is 9.55 Å². The predicted octanol–water partition coefficient (Wildman–Crippen LogP) is 16.1. The van der Waals surface area contributed by atoms with Crippen molar-refractivity contribution in [1.82, 2.24) is 14.5 Å². The molecule has 0 fully saturated rings. The van der Waals surface area contributed by atoms with Crippen LogP contribution in [0.5, 0.6) is 5.75 Å². The molecule has 65 heavy (non-hydrogen) atoms. The molecule has 2 aromatic heterocycles. The Hall–Kier alpha value is -5.57. The quantitative estimate of drug-likeness (QED) is 0.154. The zero-order chi connectivity index (χ0) is 51.9. The van der Waals surface area contributed by atoms with Crippen LogP contribution >= 0.6 is 0 Å². The van der Waals surface area contributed by atoms with Crippen molar-refractivity contribution in [2.45, 2.75) is 118 Å². The van der Waals surface area contributed by atoms with E-state index in [4.69, 9.17) is 19.6 Å². The minimum atomic E-state index is -2.83. The molecular weight excluding hydrogens is 974 g/mol. The summed E-state index contributed by atoms with van der Waals surface area (Å²) in [7, 11) is 0. The molecule has 0 bridgehead atoms. The normalized spacial score (nSPS) is 14.1. The second-order valence-corrected chi connectivity index (χ2v) is 20.8. The number of phenols is 1. The van der Waals surface area contributed by atoms with Crippen molar-refractivity contribution in [1.29, 1.82) is 0 Å². The zero-order valence-corrected chi connectivity index (χ0v) is 42.0. The second kappa shape index (κ2) is 17.7. The van der Waals surface area contributed by atoms with E-state index < -0.39 is 42.0 Å². The van der Waals surface area contributed by atoms with Gasteiger partial charge in [0.25, 0.3) is 0 Å². The Kier molecular flexibility index (Phi) is 10.5. The van der Waals surface area contributed by atoms with Crippen LogP contribution in [0.25, 0.3) is 72.7 Å². The van der Waals surface area contributed by atoms with Crippen molar-refractivity contribution in [3.8, 4) is 67.5 Å². The van der Waals surface area contributed by atoms with E-state index in [2.05, 4.69) is 160 Å². The Balaban J connectivity index is 0.00000760. The van der Waals surface area contributed by atoms with Gasteiger partial charge in [0.15, 0.2) is 0 Å². The first-order chi connectivity index (χ1) is 33.0. The standard InChI is InChI=1S/C60H64N3O.Pt/c1-14-60(12,13)44-27-28-52(48(35-44)40-19-16-15-17-20-40)63-53-22-18-21-47(54(53)62-56(63)49-36-46(58(6,7)8)37-50(55(49)64)59(9,10)11)42-31-43(33-45(32-42)57(3,4)5)51-34-41(29-30-61-51)39-25-23-38(2)24-26-39;/h15-30,32-37,64H,14H2,1-13H3;/q-1;/i2D3,23D,24D,25D,26D;. The summed E-state index contributed by atoms with van der Waals surface area (Å²) >= 11 is 0. The number of benzene rings is 6. The number of aromatic hydroxyl groups is 1. The van der Waals surface area contributed by atoms with Gasteiger partial charge in [-0.25, -0.2) is 4.98 Å². The molecule has 336 valence electrons. The molecular formula is C60H64N3OPt-. The number of hydrogen-bond donors (Lipinski definition) is 1. The number of hydrogen-bond acceptors (Lipinski definition) is 3. The molecule has 0 spiro atoms. The van der Waals surface area contributed by atoms with Crippen LogP contribution in [0.3, 0.4) is 0 Å². The molecule has 4 nitrogen and oxygen atoms in total. The third kappa shape index (κ3) is 9.43. The fourth-order valence-electron chi connectivity index (χ4n) is 8.23. The maximum absolute atomic E-state index is 12.6. The van der Waals surface area contributed by atoms with Crippen LogP contribution < -0.4 is 0 Å².